The molecule has 0 bridgehead atoms. The molecule has 2 rings (SSSR count). The summed E-state index contributed by atoms with van der Waals surface area (Å²) in [5.74, 6) is -1.96. The number of aryl methyl sites for hydroxylation is 2. The number of halogens is 1. The monoisotopic (exact) mass is 273 g/mol. The van der Waals surface area contributed by atoms with Crippen molar-refractivity contribution in [3.63, 3.8) is 0 Å². The van der Waals surface area contributed by atoms with Crippen LogP contribution in [0.4, 0.5) is 10.1 Å². The van der Waals surface area contributed by atoms with E-state index in [1.54, 1.807) is 6.07 Å². The number of benzene rings is 2. The van der Waals surface area contributed by atoms with Crippen molar-refractivity contribution in [2.75, 3.05) is 5.32 Å². The number of anilines is 1. The molecule has 0 aliphatic heterocycles. The first-order chi connectivity index (χ1) is 9.49. The number of nitrogens with one attached hydrogen (secondary N) is 1. The molecule has 4 heteroatoms. The Bertz CT molecular complexity index is 633. The van der Waals surface area contributed by atoms with Gasteiger partial charge in [0, 0.05) is 12.2 Å². The second-order valence-electron chi connectivity index (χ2n) is 4.74. The number of carboxylic acid groups (broad SMARTS) is 1. The first-order valence-electron chi connectivity index (χ1n) is 6.31. The Kier molecular flexibility index (Phi) is 4.03. The summed E-state index contributed by atoms with van der Waals surface area (Å²) < 4.78 is 13.6. The Morgan fingerprint density at radius 3 is 2.40 bits per heavy atom. The van der Waals surface area contributed by atoms with Gasteiger partial charge in [-0.25, -0.2) is 9.18 Å². The first-order valence-corrected chi connectivity index (χ1v) is 6.31. The van der Waals surface area contributed by atoms with Crippen molar-refractivity contribution in [1.82, 2.24) is 0 Å². The van der Waals surface area contributed by atoms with E-state index in [2.05, 4.69) is 5.32 Å². The van der Waals surface area contributed by atoms with Gasteiger partial charge in [0.1, 0.15) is 5.82 Å². The highest BCUT2D eigenvalue weighted by Crippen LogP contribution is 2.20. The zero-order chi connectivity index (χ0) is 14.7. The fourth-order valence-electron chi connectivity index (χ4n) is 2.13. The molecule has 2 aromatic rings. The van der Waals surface area contributed by atoms with Crippen molar-refractivity contribution < 1.29 is 14.3 Å². The minimum absolute atomic E-state index is 0.305. The molecule has 3 nitrogen and oxygen atoms in total. The minimum Gasteiger partial charge on any atom is -0.478 e. The van der Waals surface area contributed by atoms with Crippen LogP contribution < -0.4 is 5.32 Å². The van der Waals surface area contributed by atoms with Crippen LogP contribution in [0.25, 0.3) is 0 Å². The van der Waals surface area contributed by atoms with Crippen LogP contribution in [0.1, 0.15) is 27.0 Å². The summed E-state index contributed by atoms with van der Waals surface area (Å²) in [5.41, 5.74) is 3.66. The highest BCUT2D eigenvalue weighted by Gasteiger charge is 2.10. The van der Waals surface area contributed by atoms with E-state index in [-0.39, 0.29) is 5.56 Å². The third-order valence-electron chi connectivity index (χ3n) is 3.21. The van der Waals surface area contributed by atoms with Crippen LogP contribution in [0.3, 0.4) is 0 Å². The van der Waals surface area contributed by atoms with E-state index in [1.165, 1.54) is 12.1 Å². The van der Waals surface area contributed by atoms with Crippen molar-refractivity contribution >= 4 is 11.7 Å². The largest absolute Gasteiger partial charge is 0.478 e. The Labute approximate surface area is 117 Å². The third kappa shape index (κ3) is 2.96. The SMILES string of the molecule is Cc1cccc(C)c1NCc1ccc(C(=O)O)c(F)c1. The van der Waals surface area contributed by atoms with Gasteiger partial charge in [0.25, 0.3) is 0 Å². The fourth-order valence-corrected chi connectivity index (χ4v) is 2.13. The van der Waals surface area contributed by atoms with E-state index < -0.39 is 11.8 Å². The summed E-state index contributed by atoms with van der Waals surface area (Å²) in [4.78, 5) is 10.7. The van der Waals surface area contributed by atoms with Crippen LogP contribution in [0.5, 0.6) is 0 Å². The Hall–Kier alpha value is -2.36. The molecule has 104 valence electrons. The Balaban J connectivity index is 2.16. The topological polar surface area (TPSA) is 49.3 Å². The molecular formula is C16H16FNO2. The number of carbonyl (C=O) groups is 1. The number of rotatable bonds is 4. The third-order valence-corrected chi connectivity index (χ3v) is 3.21. The second-order valence-corrected chi connectivity index (χ2v) is 4.74. The lowest BCUT2D eigenvalue weighted by Gasteiger charge is -2.13. The van der Waals surface area contributed by atoms with Gasteiger partial charge in [-0.2, -0.15) is 0 Å². The van der Waals surface area contributed by atoms with E-state index in [4.69, 9.17) is 5.11 Å². The van der Waals surface area contributed by atoms with E-state index >= 15 is 0 Å². The van der Waals surface area contributed by atoms with Crippen molar-refractivity contribution in [1.29, 1.82) is 0 Å². The van der Waals surface area contributed by atoms with Crippen molar-refractivity contribution in [2.45, 2.75) is 20.4 Å². The van der Waals surface area contributed by atoms with Crippen LogP contribution in [-0.2, 0) is 6.54 Å². The van der Waals surface area contributed by atoms with Gasteiger partial charge in [0.05, 0.1) is 5.56 Å². The molecule has 2 N–H and O–H groups in total. The summed E-state index contributed by atoms with van der Waals surface area (Å²) in [5, 5.41) is 12.0. The molecular weight excluding hydrogens is 257 g/mol. The molecule has 0 saturated heterocycles. The van der Waals surface area contributed by atoms with Gasteiger partial charge in [-0.05, 0) is 42.7 Å². The Morgan fingerprint density at radius 1 is 1.20 bits per heavy atom. The van der Waals surface area contributed by atoms with Crippen LogP contribution in [0.15, 0.2) is 36.4 Å². The van der Waals surface area contributed by atoms with E-state index in [0.29, 0.717) is 12.1 Å². The molecule has 0 heterocycles. The highest BCUT2D eigenvalue weighted by molar-refractivity contribution is 5.87. The van der Waals surface area contributed by atoms with Crippen molar-refractivity contribution in [3.05, 3.63) is 64.5 Å². The Morgan fingerprint density at radius 2 is 1.85 bits per heavy atom. The molecule has 0 aliphatic rings. The van der Waals surface area contributed by atoms with Gasteiger partial charge in [0.15, 0.2) is 0 Å². The number of hydrogen-bond donors (Lipinski definition) is 2. The van der Waals surface area contributed by atoms with Crippen molar-refractivity contribution in [3.8, 4) is 0 Å². The maximum atomic E-state index is 13.6. The predicted molar refractivity (Wildman–Crippen MR) is 76.6 cm³/mol. The smallest absolute Gasteiger partial charge is 0.338 e. The molecule has 0 saturated carbocycles. The van der Waals surface area contributed by atoms with E-state index in [0.717, 1.165) is 16.8 Å². The maximum absolute atomic E-state index is 13.6. The van der Waals surface area contributed by atoms with E-state index in [1.807, 2.05) is 32.0 Å². The number of carboxylic acids is 1. The molecule has 20 heavy (non-hydrogen) atoms. The molecule has 0 amide bonds. The molecule has 2 aromatic carbocycles. The minimum atomic E-state index is -1.25. The van der Waals surface area contributed by atoms with E-state index in [9.17, 15) is 9.18 Å². The molecule has 0 atom stereocenters. The fraction of sp³-hybridized carbons (Fsp3) is 0.188. The average Bonchev–Trinajstić information content (AvgIpc) is 2.37. The standard InChI is InChI=1S/C16H16FNO2/c1-10-4-3-5-11(2)15(10)18-9-12-6-7-13(16(19)20)14(17)8-12/h3-8,18H,9H2,1-2H3,(H,19,20). The first kappa shape index (κ1) is 14.1. The van der Waals surface area contributed by atoms with Crippen LogP contribution in [0, 0.1) is 19.7 Å². The normalized spacial score (nSPS) is 10.3. The number of aromatic carboxylic acids is 1. The van der Waals surface area contributed by atoms with Gasteiger partial charge in [-0.15, -0.1) is 0 Å². The van der Waals surface area contributed by atoms with Crippen LogP contribution in [0.2, 0.25) is 0 Å². The lowest BCUT2D eigenvalue weighted by atomic mass is 10.1. The highest BCUT2D eigenvalue weighted by atomic mass is 19.1. The van der Waals surface area contributed by atoms with Gasteiger partial charge in [0.2, 0.25) is 0 Å². The quantitative estimate of drug-likeness (QED) is 0.891. The molecule has 0 fully saturated rings. The maximum Gasteiger partial charge on any atom is 0.338 e. The number of hydrogen-bond acceptors (Lipinski definition) is 2. The summed E-state index contributed by atoms with van der Waals surface area (Å²) in [6.07, 6.45) is 0. The molecule has 0 spiro atoms. The van der Waals surface area contributed by atoms with Gasteiger partial charge in [-0.3, -0.25) is 0 Å². The van der Waals surface area contributed by atoms with Gasteiger partial charge in [-0.1, -0.05) is 24.3 Å². The lowest BCUT2D eigenvalue weighted by Crippen LogP contribution is -2.05. The summed E-state index contributed by atoms with van der Waals surface area (Å²) in [6, 6.07) is 10.2. The average molecular weight is 273 g/mol. The second kappa shape index (κ2) is 5.74. The summed E-state index contributed by atoms with van der Waals surface area (Å²) in [6.45, 7) is 4.45. The molecule has 0 aromatic heterocycles. The van der Waals surface area contributed by atoms with Gasteiger partial charge >= 0.3 is 5.97 Å². The van der Waals surface area contributed by atoms with Crippen molar-refractivity contribution in [2.24, 2.45) is 0 Å². The zero-order valence-electron chi connectivity index (χ0n) is 11.4. The van der Waals surface area contributed by atoms with Gasteiger partial charge < -0.3 is 10.4 Å². The zero-order valence-corrected chi connectivity index (χ0v) is 11.4. The van der Waals surface area contributed by atoms with Crippen LogP contribution in [-0.4, -0.2) is 11.1 Å². The molecule has 0 aliphatic carbocycles. The molecule has 0 unspecified atom stereocenters. The summed E-state index contributed by atoms with van der Waals surface area (Å²) >= 11 is 0. The molecule has 0 radical (unpaired) electrons. The predicted octanol–water partition coefficient (Wildman–Crippen LogP) is 3.75. The number of para-hydroxylation sites is 1. The summed E-state index contributed by atoms with van der Waals surface area (Å²) in [7, 11) is 0. The van der Waals surface area contributed by atoms with Crippen LogP contribution >= 0.6 is 0 Å². The lowest BCUT2D eigenvalue weighted by molar-refractivity contribution is 0.0692.